The highest BCUT2D eigenvalue weighted by Crippen LogP contribution is 2.76. The average molecular weight is 1250 g/mol. The fourth-order valence-electron chi connectivity index (χ4n) is 17.6. The number of carbonyl (C=O) groups excluding carboxylic acids is 2. The van der Waals surface area contributed by atoms with Crippen molar-refractivity contribution in [3.05, 3.63) is 11.6 Å². The zero-order valence-corrected chi connectivity index (χ0v) is 51.2. The van der Waals surface area contributed by atoms with Crippen LogP contribution in [-0.2, 0) is 61.8 Å². The van der Waals surface area contributed by atoms with Gasteiger partial charge in [-0.2, -0.15) is 0 Å². The van der Waals surface area contributed by atoms with E-state index in [4.69, 9.17) is 47.4 Å². The maximum Gasteiger partial charge on any atom is 0.335 e. The number of ether oxygens (including phenoxy) is 10. The fraction of sp³-hybridized carbons (Fsp3) is 0.917. The number of carboxylic acid groups (broad SMARTS) is 1. The van der Waals surface area contributed by atoms with E-state index in [-0.39, 0.29) is 30.6 Å². The number of hydrogen-bond acceptors (Lipinski definition) is 26. The molecule has 8 fully saturated rings. The molecule has 30 atom stereocenters. The highest BCUT2D eigenvalue weighted by atomic mass is 16.8. The van der Waals surface area contributed by atoms with Crippen LogP contribution in [0.1, 0.15) is 121 Å². The molecule has 498 valence electrons. The van der Waals surface area contributed by atoms with Crippen LogP contribution >= 0.6 is 0 Å². The van der Waals surface area contributed by atoms with E-state index in [2.05, 4.69) is 26.8 Å². The van der Waals surface area contributed by atoms with Crippen molar-refractivity contribution in [2.45, 2.75) is 262 Å². The molecule has 0 aromatic heterocycles. The van der Waals surface area contributed by atoms with Gasteiger partial charge in [-0.25, -0.2) is 4.79 Å². The van der Waals surface area contributed by atoms with E-state index in [9.17, 15) is 85.9 Å². The predicted molar refractivity (Wildman–Crippen MR) is 294 cm³/mol. The smallest absolute Gasteiger partial charge is 0.335 e. The van der Waals surface area contributed by atoms with Crippen molar-refractivity contribution in [2.24, 2.45) is 56.2 Å². The van der Waals surface area contributed by atoms with Crippen LogP contribution in [-0.4, -0.2) is 257 Å². The van der Waals surface area contributed by atoms with Gasteiger partial charge in [0.2, 0.25) is 0 Å². The molecule has 0 bridgehead atoms. The number of fused-ring (bicyclic) bond motifs is 7. The summed E-state index contributed by atoms with van der Waals surface area (Å²) in [4.78, 5) is 39.6. The second-order valence-corrected chi connectivity index (χ2v) is 28.8. The third kappa shape index (κ3) is 11.7. The van der Waals surface area contributed by atoms with Gasteiger partial charge in [-0.05, 0) is 90.3 Å². The summed E-state index contributed by atoms with van der Waals surface area (Å²) in [6.07, 6.45) is -34.9. The highest BCUT2D eigenvalue weighted by Gasteiger charge is 2.74. The molecule has 0 radical (unpaired) electrons. The first-order chi connectivity index (χ1) is 40.6. The Kier molecular flexibility index (Phi) is 20.0. The first-order valence-corrected chi connectivity index (χ1v) is 30.7. The van der Waals surface area contributed by atoms with E-state index in [0.717, 1.165) is 5.57 Å². The molecule has 9 aliphatic rings. The molecule has 5 aliphatic carbocycles. The van der Waals surface area contributed by atoms with Crippen LogP contribution in [0.4, 0.5) is 0 Å². The molecule has 27 nitrogen and oxygen atoms in total. The van der Waals surface area contributed by atoms with Crippen molar-refractivity contribution in [3.8, 4) is 0 Å². The van der Waals surface area contributed by atoms with Gasteiger partial charge in [-0.3, -0.25) is 9.59 Å². The van der Waals surface area contributed by atoms with Crippen LogP contribution in [0, 0.1) is 56.2 Å². The van der Waals surface area contributed by atoms with Gasteiger partial charge in [-0.15, -0.1) is 0 Å². The van der Waals surface area contributed by atoms with Crippen molar-refractivity contribution in [1.82, 2.24) is 0 Å². The Bertz CT molecular complexity index is 2480. The third-order valence-electron chi connectivity index (χ3n) is 22.5. The zero-order valence-electron chi connectivity index (χ0n) is 51.2. The molecule has 0 aromatic rings. The van der Waals surface area contributed by atoms with E-state index < -0.39 is 224 Å². The summed E-state index contributed by atoms with van der Waals surface area (Å²) in [5, 5.41) is 155. The molecular formula is C60H96O27. The number of aliphatic hydroxyl groups is 13. The number of aliphatic carboxylic acids is 1. The molecular weight excluding hydrogens is 1150 g/mol. The Morgan fingerprint density at radius 2 is 1.24 bits per heavy atom. The van der Waals surface area contributed by atoms with Crippen LogP contribution in [0.15, 0.2) is 11.6 Å². The Balaban J connectivity index is 1.03. The number of allylic oxidation sites excluding steroid dienone is 2. The maximum absolute atomic E-state index is 13.4. The van der Waals surface area contributed by atoms with Gasteiger partial charge in [-0.1, -0.05) is 74.0 Å². The van der Waals surface area contributed by atoms with Crippen LogP contribution in [0.5, 0.6) is 0 Å². The normalized spacial score (nSPS) is 50.3. The Hall–Kier alpha value is -2.69. The minimum Gasteiger partial charge on any atom is -0.479 e. The van der Waals surface area contributed by atoms with Gasteiger partial charge in [0, 0.05) is 18.8 Å². The van der Waals surface area contributed by atoms with Gasteiger partial charge in [0.25, 0.3) is 0 Å². The predicted octanol–water partition coefficient (Wildman–Crippen LogP) is -1.75. The molecule has 4 saturated heterocycles. The molecule has 27 heteroatoms. The topological polar surface area (TPSA) is 427 Å². The van der Waals surface area contributed by atoms with Gasteiger partial charge in [0.1, 0.15) is 97.7 Å². The standard InChI is InChI=1S/C60H96O27/c1-24(2)17-35(67)83-48-49(79-25(3)64)60(23-63)27(18-55(48,4)5)26-11-12-32-57(8)15-14-34(56(6,7)31(57)13-16-58(32,9)59(26,10)19-33(60)66)82-54-47(87-52-41(73)39(71)37(69)29(20-61)80-52)45(42(74)46(86-54)50(76)77)85-53-43(75)44(38(70)30(21-62)81-53)84-51-40(72)36(68)28(65)22-78-51/h11,24,27-34,36-49,51-54,61-63,65-66,68-75H,12-23H2,1-10H3,(H,76,77)/t27-,28-,29+,30+,31-,32+,33+,34-,36-,37-,38-,39-,40+,41+,42-,43+,44-,45-,46-,47+,48-,49-,51-,52-,53-,54+,57-,58+,59+,60-/m0/s1. The lowest BCUT2D eigenvalue weighted by atomic mass is 9.33. The molecule has 4 saturated carbocycles. The van der Waals surface area contributed by atoms with Gasteiger partial charge in [0.15, 0.2) is 31.3 Å². The summed E-state index contributed by atoms with van der Waals surface area (Å²) in [5.74, 6) is -3.48. The largest absolute Gasteiger partial charge is 0.479 e. The molecule has 0 spiro atoms. The molecule has 4 aliphatic heterocycles. The molecule has 0 amide bonds. The lowest BCUT2D eigenvalue weighted by Gasteiger charge is -2.72. The van der Waals surface area contributed by atoms with E-state index in [0.29, 0.717) is 38.5 Å². The summed E-state index contributed by atoms with van der Waals surface area (Å²) >= 11 is 0. The van der Waals surface area contributed by atoms with Crippen LogP contribution in [0.3, 0.4) is 0 Å². The average Bonchev–Trinajstić information content (AvgIpc) is 0.678. The van der Waals surface area contributed by atoms with Gasteiger partial charge < -0.3 is 119 Å². The van der Waals surface area contributed by atoms with E-state index in [1.807, 2.05) is 41.5 Å². The van der Waals surface area contributed by atoms with Crippen molar-refractivity contribution < 1.29 is 133 Å². The molecule has 0 aromatic carbocycles. The van der Waals surface area contributed by atoms with Crippen LogP contribution < -0.4 is 0 Å². The summed E-state index contributed by atoms with van der Waals surface area (Å²) in [6.45, 7) is 16.8. The highest BCUT2D eigenvalue weighted by molar-refractivity contribution is 5.73. The molecule has 0 unspecified atom stereocenters. The van der Waals surface area contributed by atoms with Crippen molar-refractivity contribution in [3.63, 3.8) is 0 Å². The Morgan fingerprint density at radius 3 is 1.85 bits per heavy atom. The summed E-state index contributed by atoms with van der Waals surface area (Å²) in [5.41, 5.74) is -3.53. The Morgan fingerprint density at radius 1 is 0.632 bits per heavy atom. The molecule has 14 N–H and O–H groups in total. The van der Waals surface area contributed by atoms with Crippen LogP contribution in [0.25, 0.3) is 0 Å². The van der Waals surface area contributed by atoms with Crippen LogP contribution in [0.2, 0.25) is 0 Å². The number of carbonyl (C=O) groups is 3. The number of aliphatic hydroxyl groups excluding tert-OH is 13. The molecule has 9 rings (SSSR count). The van der Waals surface area contributed by atoms with Crippen molar-refractivity contribution >= 4 is 17.9 Å². The number of rotatable bonds is 16. The second kappa shape index (κ2) is 25.3. The summed E-state index contributed by atoms with van der Waals surface area (Å²) in [7, 11) is 0. The lowest BCUT2D eigenvalue weighted by molar-refractivity contribution is -0.401. The van der Waals surface area contributed by atoms with Crippen molar-refractivity contribution in [2.75, 3.05) is 26.4 Å². The second-order valence-electron chi connectivity index (χ2n) is 28.8. The molecule has 4 heterocycles. The minimum atomic E-state index is -2.27. The van der Waals surface area contributed by atoms with E-state index in [1.165, 1.54) is 6.92 Å². The maximum atomic E-state index is 13.4. The van der Waals surface area contributed by atoms with Gasteiger partial charge in [0.05, 0.1) is 44.1 Å². The van der Waals surface area contributed by atoms with Gasteiger partial charge >= 0.3 is 17.9 Å². The lowest BCUT2D eigenvalue weighted by Crippen LogP contribution is -2.72. The SMILES string of the molecule is CC(=O)O[C@H]1[C@H](OC(=O)CC(C)C)C(C)(C)C[C@H]2C3=CC[C@@H]4[C@@]5(C)CC[C@H](O[C@@H]6O[C@H](C(=O)O)[C@@H](O)[C@H](O[C@@H]7O[C@H](CO)[C@H](O)[C@H](O[C@@H]8OC[C@H](O)[C@H](O)[C@H]8O)[C@H]7O)[C@H]6O[C@@H]6O[C@H](CO)[C@H](O)[C@H](O)[C@H]6O)C(C)(C)[C@@H]5CC[C@@]4(C)[C@]3(C)C[C@@H](O)[C@]21CO. The zero-order chi connectivity index (χ0) is 64.2. The summed E-state index contributed by atoms with van der Waals surface area (Å²) < 4.78 is 60.7. The minimum absolute atomic E-state index is 0.0165. The monoisotopic (exact) mass is 1250 g/mol. The summed E-state index contributed by atoms with van der Waals surface area (Å²) in [6, 6.07) is 0. The first kappa shape index (κ1) is 68.7. The first-order valence-electron chi connectivity index (χ1n) is 30.7. The Labute approximate surface area is 505 Å². The number of carboxylic acids is 1. The fourth-order valence-corrected chi connectivity index (χ4v) is 17.6. The van der Waals surface area contributed by atoms with Crippen molar-refractivity contribution in [1.29, 1.82) is 0 Å². The van der Waals surface area contributed by atoms with E-state index in [1.54, 1.807) is 0 Å². The van der Waals surface area contributed by atoms with E-state index >= 15 is 0 Å². The number of esters is 2. The third-order valence-corrected chi connectivity index (χ3v) is 22.5. The number of hydrogen-bond donors (Lipinski definition) is 14. The quantitative estimate of drug-likeness (QED) is 0.0463. The molecule has 87 heavy (non-hydrogen) atoms.